The maximum absolute atomic E-state index is 12.8. The molecule has 0 heterocycles. The molecule has 2 rings (SSSR count). The van der Waals surface area contributed by atoms with E-state index < -0.39 is 25.0 Å². The Hall–Kier alpha value is -1.03. The summed E-state index contributed by atoms with van der Waals surface area (Å²) in [5.74, 6) is 0.221. The Morgan fingerprint density at radius 2 is 1.86 bits per heavy atom. The molecule has 1 aromatic carbocycles. The van der Waals surface area contributed by atoms with Gasteiger partial charge in [-0.25, -0.2) is 0 Å². The van der Waals surface area contributed by atoms with Crippen LogP contribution < -0.4 is 4.74 Å². The van der Waals surface area contributed by atoms with Crippen LogP contribution in [0.5, 0.6) is 5.75 Å². The van der Waals surface area contributed by atoms with Crippen molar-refractivity contribution >= 4 is 18.4 Å². The number of rotatable bonds is 8. The van der Waals surface area contributed by atoms with Gasteiger partial charge in [0.1, 0.15) is 5.75 Å². The van der Waals surface area contributed by atoms with Gasteiger partial charge in [-0.05, 0) is 61.0 Å². The lowest BCUT2D eigenvalue weighted by Gasteiger charge is -2.36. The molecule has 1 aromatic rings. The second-order valence-electron chi connectivity index (χ2n) is 9.23. The van der Waals surface area contributed by atoms with E-state index in [2.05, 4.69) is 33.9 Å². The summed E-state index contributed by atoms with van der Waals surface area (Å²) >= 11 is 0. The van der Waals surface area contributed by atoms with E-state index in [1.165, 1.54) is 0 Å². The molecule has 0 bridgehead atoms. The Balaban J connectivity index is 2.20. The van der Waals surface area contributed by atoms with Crippen molar-refractivity contribution in [2.45, 2.75) is 83.4 Å². The minimum atomic E-state index is -3.50. The van der Waals surface area contributed by atoms with Gasteiger partial charge >= 0.3 is 6.61 Å². The summed E-state index contributed by atoms with van der Waals surface area (Å²) in [6.45, 7) is 7.85. The van der Waals surface area contributed by atoms with Crippen LogP contribution in [0.4, 0.5) is 8.78 Å². The largest absolute Gasteiger partial charge is 0.434 e. The normalized spacial score (nSPS) is 21.0. The van der Waals surface area contributed by atoms with Gasteiger partial charge in [0, 0.05) is 5.56 Å². The molecule has 29 heavy (non-hydrogen) atoms. The second-order valence-corrected chi connectivity index (χ2v) is 15.6. The smallest absolute Gasteiger partial charge is 0.387 e. The highest BCUT2D eigenvalue weighted by atomic mass is 32.2. The molecule has 1 aliphatic rings. The first-order chi connectivity index (χ1) is 13.2. The zero-order valence-corrected chi connectivity index (χ0v) is 19.8. The molecule has 1 aliphatic carbocycles. The van der Waals surface area contributed by atoms with Gasteiger partial charge in [0.15, 0.2) is 8.32 Å². The Morgan fingerprint density at radius 1 is 1.21 bits per heavy atom. The van der Waals surface area contributed by atoms with Crippen LogP contribution in [0.25, 0.3) is 0 Å². The molecule has 1 fully saturated rings. The zero-order valence-electron chi connectivity index (χ0n) is 18.0. The molecule has 0 saturated heterocycles. The highest BCUT2D eigenvalue weighted by molar-refractivity contribution is 7.86. The van der Waals surface area contributed by atoms with Crippen LogP contribution in [0.3, 0.4) is 0 Å². The molecule has 5 nitrogen and oxygen atoms in total. The van der Waals surface area contributed by atoms with Gasteiger partial charge in [-0.15, -0.1) is 0 Å². The lowest BCUT2D eigenvalue weighted by molar-refractivity contribution is -0.0509. The van der Waals surface area contributed by atoms with E-state index in [0.717, 1.165) is 18.2 Å². The fourth-order valence-corrected chi connectivity index (χ4v) is 4.85. The third kappa shape index (κ3) is 7.01. The fourth-order valence-electron chi connectivity index (χ4n) is 3.23. The van der Waals surface area contributed by atoms with E-state index >= 15 is 0 Å². The van der Waals surface area contributed by atoms with Crippen molar-refractivity contribution in [1.82, 2.24) is 0 Å². The van der Waals surface area contributed by atoms with Crippen molar-refractivity contribution in [3.8, 4) is 5.75 Å². The van der Waals surface area contributed by atoms with Gasteiger partial charge < -0.3 is 9.16 Å². The first kappa shape index (κ1) is 24.2. The lowest BCUT2D eigenvalue weighted by Crippen LogP contribution is -2.40. The third-order valence-electron chi connectivity index (χ3n) is 5.86. The predicted octanol–water partition coefficient (Wildman–Crippen LogP) is 5.42. The van der Waals surface area contributed by atoms with Gasteiger partial charge in [0.05, 0.1) is 19.0 Å². The molecule has 166 valence electrons. The average Bonchev–Trinajstić information content (AvgIpc) is 2.98. The molecule has 0 N–H and O–H groups in total. The summed E-state index contributed by atoms with van der Waals surface area (Å²) in [5.41, 5.74) is 1.54. The van der Waals surface area contributed by atoms with E-state index in [4.69, 9.17) is 13.3 Å². The predicted molar refractivity (Wildman–Crippen MR) is 111 cm³/mol. The van der Waals surface area contributed by atoms with Crippen molar-refractivity contribution in [3.05, 3.63) is 29.3 Å². The molecular weight excluding hydrogens is 418 g/mol. The molecule has 0 amide bonds. The highest BCUT2D eigenvalue weighted by Crippen LogP contribution is 2.40. The van der Waals surface area contributed by atoms with Crippen molar-refractivity contribution in [2.24, 2.45) is 0 Å². The number of alkyl halides is 2. The van der Waals surface area contributed by atoms with Crippen molar-refractivity contribution in [1.29, 1.82) is 0 Å². The summed E-state index contributed by atoms with van der Waals surface area (Å²) in [5, 5.41) is -0.00397. The van der Waals surface area contributed by atoms with Crippen LogP contribution in [0, 0.1) is 0 Å². The van der Waals surface area contributed by atoms with Crippen LogP contribution in [0.1, 0.15) is 57.1 Å². The van der Waals surface area contributed by atoms with Crippen molar-refractivity contribution in [2.75, 3.05) is 6.26 Å². The van der Waals surface area contributed by atoms with Crippen molar-refractivity contribution in [3.63, 3.8) is 0 Å². The van der Waals surface area contributed by atoms with Gasteiger partial charge in [-0.2, -0.15) is 17.2 Å². The summed E-state index contributed by atoms with van der Waals surface area (Å²) < 4.78 is 64.5. The molecule has 0 spiro atoms. The maximum atomic E-state index is 12.8. The SMILES string of the molecule is CC(C)(C)[Si](C)(C)OCc1cc(C2CCC(OS(C)(=O)=O)C2)ccc1OC(F)F. The first-order valence-electron chi connectivity index (χ1n) is 9.78. The minimum absolute atomic E-state index is 0.00397. The monoisotopic (exact) mass is 450 g/mol. The number of ether oxygens (including phenoxy) is 1. The van der Waals surface area contributed by atoms with E-state index in [1.807, 2.05) is 6.07 Å². The zero-order chi connectivity index (χ0) is 22.0. The third-order valence-corrected chi connectivity index (χ3v) is 11.0. The summed E-state index contributed by atoms with van der Waals surface area (Å²) in [6, 6.07) is 5.16. The molecule has 9 heteroatoms. The van der Waals surface area contributed by atoms with Gasteiger partial charge in [-0.1, -0.05) is 26.8 Å². The van der Waals surface area contributed by atoms with E-state index in [0.29, 0.717) is 18.4 Å². The van der Waals surface area contributed by atoms with E-state index in [1.54, 1.807) is 12.1 Å². The molecule has 2 unspecified atom stereocenters. The van der Waals surface area contributed by atoms with Crippen LogP contribution in [0.2, 0.25) is 18.1 Å². The number of hydrogen-bond acceptors (Lipinski definition) is 5. The van der Waals surface area contributed by atoms with Gasteiger partial charge in [-0.3, -0.25) is 4.18 Å². The second kappa shape index (κ2) is 8.99. The van der Waals surface area contributed by atoms with Crippen LogP contribution in [-0.2, 0) is 25.3 Å². The molecule has 1 saturated carbocycles. The van der Waals surface area contributed by atoms with Crippen LogP contribution in [0.15, 0.2) is 18.2 Å². The van der Waals surface area contributed by atoms with Crippen molar-refractivity contribution < 1.29 is 30.5 Å². The lowest BCUT2D eigenvalue weighted by atomic mass is 9.95. The fraction of sp³-hybridized carbons (Fsp3) is 0.700. The molecular formula is C20H32F2O5SSi. The average molecular weight is 451 g/mol. The Bertz CT molecular complexity index is 806. The standard InChI is InChI=1S/C20H32F2O5SSi/c1-20(2,3)29(5,6)25-13-16-11-14(8-10-18(16)26-19(21)22)15-7-9-17(12-15)27-28(4,23)24/h8,10-11,15,17,19H,7,9,12-13H2,1-6H3. The first-order valence-corrected chi connectivity index (χ1v) is 14.5. The highest BCUT2D eigenvalue weighted by Gasteiger charge is 2.37. The van der Waals surface area contributed by atoms with Gasteiger partial charge in [0.2, 0.25) is 0 Å². The van der Waals surface area contributed by atoms with E-state index in [-0.39, 0.29) is 29.4 Å². The van der Waals surface area contributed by atoms with Gasteiger partial charge in [0.25, 0.3) is 10.1 Å². The molecule has 0 aliphatic heterocycles. The minimum Gasteiger partial charge on any atom is -0.434 e. The number of halogens is 2. The number of benzene rings is 1. The molecule has 0 radical (unpaired) electrons. The molecule has 0 aromatic heterocycles. The van der Waals surface area contributed by atoms with Crippen LogP contribution >= 0.6 is 0 Å². The molecule has 2 atom stereocenters. The summed E-state index contributed by atoms with van der Waals surface area (Å²) in [6.07, 6.45) is 2.69. The number of hydrogen-bond donors (Lipinski definition) is 0. The van der Waals surface area contributed by atoms with Crippen LogP contribution in [-0.4, -0.2) is 35.7 Å². The summed E-state index contributed by atoms with van der Waals surface area (Å²) in [4.78, 5) is 0. The topological polar surface area (TPSA) is 61.8 Å². The summed E-state index contributed by atoms with van der Waals surface area (Å²) in [7, 11) is -5.57. The maximum Gasteiger partial charge on any atom is 0.387 e. The Morgan fingerprint density at radius 3 is 2.41 bits per heavy atom. The Kier molecular flexibility index (Phi) is 7.52. The quantitative estimate of drug-likeness (QED) is 0.391. The Labute approximate surface area is 174 Å². The van der Waals surface area contributed by atoms with E-state index in [9.17, 15) is 17.2 Å².